The number of thiazole rings is 1. The minimum atomic E-state index is -0.154. The molecule has 22 heavy (non-hydrogen) atoms. The quantitative estimate of drug-likeness (QED) is 0.934. The summed E-state index contributed by atoms with van der Waals surface area (Å²) in [5, 5.41) is 7.01. The van der Waals surface area contributed by atoms with Crippen LogP contribution in [0.3, 0.4) is 0 Å². The summed E-state index contributed by atoms with van der Waals surface area (Å²) >= 11 is 2.75. The Morgan fingerprint density at radius 2 is 2.05 bits per heavy atom. The van der Waals surface area contributed by atoms with E-state index in [0.717, 1.165) is 31.6 Å². The van der Waals surface area contributed by atoms with E-state index in [4.69, 9.17) is 0 Å². The van der Waals surface area contributed by atoms with Gasteiger partial charge in [-0.15, -0.1) is 22.7 Å². The molecule has 0 saturated carbocycles. The number of rotatable bonds is 4. The average Bonchev–Trinajstić information content (AvgIpc) is 3.20. The molecule has 0 aromatic carbocycles. The number of nitrogens with zero attached hydrogens (tertiary/aromatic N) is 2. The van der Waals surface area contributed by atoms with Crippen LogP contribution >= 0.6 is 22.7 Å². The van der Waals surface area contributed by atoms with Crippen LogP contribution in [0, 0.1) is 0 Å². The molecule has 0 aliphatic carbocycles. The molecule has 0 bridgehead atoms. The van der Waals surface area contributed by atoms with Gasteiger partial charge in [0, 0.05) is 18.5 Å². The second-order valence-electron chi connectivity index (χ2n) is 5.19. The lowest BCUT2D eigenvalue weighted by Crippen LogP contribution is -2.36. The zero-order valence-corrected chi connectivity index (χ0v) is 13.7. The molecular weight excluding hydrogens is 318 g/mol. The Bertz CT molecular complexity index is 646. The molecule has 3 heterocycles. The van der Waals surface area contributed by atoms with Crippen molar-refractivity contribution in [2.45, 2.75) is 25.7 Å². The highest BCUT2D eigenvalue weighted by Gasteiger charge is 2.18. The normalized spacial score (nSPS) is 14.8. The van der Waals surface area contributed by atoms with Crippen molar-refractivity contribution in [3.63, 3.8) is 0 Å². The Hall–Kier alpha value is -1.73. The number of anilines is 1. The molecule has 1 aliphatic heterocycles. The number of nitrogens with one attached hydrogen (secondary N) is 1. The Balaban J connectivity index is 1.56. The van der Waals surface area contributed by atoms with Gasteiger partial charge in [-0.25, -0.2) is 4.98 Å². The molecule has 1 N–H and O–H groups in total. The topological polar surface area (TPSA) is 62.3 Å². The fourth-order valence-corrected chi connectivity index (χ4v) is 3.75. The number of likely N-dealkylation sites (tertiary alicyclic amines) is 1. The number of aromatic nitrogens is 1. The molecule has 5 nitrogen and oxygen atoms in total. The van der Waals surface area contributed by atoms with Crippen LogP contribution in [-0.4, -0.2) is 34.8 Å². The second-order valence-corrected chi connectivity index (χ2v) is 7.00. The highest BCUT2D eigenvalue weighted by atomic mass is 32.1. The van der Waals surface area contributed by atoms with Crippen molar-refractivity contribution in [3.8, 4) is 0 Å². The third kappa shape index (κ3) is 3.72. The molecule has 2 amide bonds. The van der Waals surface area contributed by atoms with Gasteiger partial charge < -0.3 is 4.90 Å². The fraction of sp³-hybridized carbons (Fsp3) is 0.400. The third-order valence-corrected chi connectivity index (χ3v) is 5.23. The van der Waals surface area contributed by atoms with Gasteiger partial charge in [-0.05, 0) is 30.7 Å². The molecule has 1 aliphatic rings. The van der Waals surface area contributed by atoms with Crippen LogP contribution in [0.1, 0.15) is 34.6 Å². The van der Waals surface area contributed by atoms with Gasteiger partial charge in [-0.3, -0.25) is 14.9 Å². The standard InChI is InChI=1S/C15H17N3O2S2/c19-13(18-6-2-1-3-7-18)9-11-10-22-15(16-11)17-14(20)12-5-4-8-21-12/h4-5,8,10H,1-3,6-7,9H2,(H,16,17,20). The molecule has 1 fully saturated rings. The Morgan fingerprint density at radius 3 is 2.77 bits per heavy atom. The summed E-state index contributed by atoms with van der Waals surface area (Å²) in [7, 11) is 0. The molecular formula is C15H17N3O2S2. The highest BCUT2D eigenvalue weighted by Crippen LogP contribution is 2.19. The van der Waals surface area contributed by atoms with E-state index in [1.807, 2.05) is 21.7 Å². The molecule has 2 aromatic rings. The van der Waals surface area contributed by atoms with Crippen LogP contribution in [-0.2, 0) is 11.2 Å². The van der Waals surface area contributed by atoms with E-state index in [2.05, 4.69) is 10.3 Å². The number of hydrogen-bond donors (Lipinski definition) is 1. The fourth-order valence-electron chi connectivity index (χ4n) is 2.42. The van der Waals surface area contributed by atoms with Gasteiger partial charge >= 0.3 is 0 Å². The second kappa shape index (κ2) is 7.02. The summed E-state index contributed by atoms with van der Waals surface area (Å²) in [6.07, 6.45) is 3.70. The van der Waals surface area contributed by atoms with E-state index in [1.165, 1.54) is 29.1 Å². The molecule has 3 rings (SSSR count). The maximum atomic E-state index is 12.2. The van der Waals surface area contributed by atoms with E-state index in [1.54, 1.807) is 6.07 Å². The Kier molecular flexibility index (Phi) is 4.84. The van der Waals surface area contributed by atoms with E-state index >= 15 is 0 Å². The molecule has 0 atom stereocenters. The number of hydrogen-bond acceptors (Lipinski definition) is 5. The van der Waals surface area contributed by atoms with Gasteiger partial charge in [0.05, 0.1) is 17.0 Å². The molecule has 1 saturated heterocycles. The Labute approximate surface area is 137 Å². The maximum absolute atomic E-state index is 12.2. The number of piperidine rings is 1. The van der Waals surface area contributed by atoms with Gasteiger partial charge in [0.25, 0.3) is 5.91 Å². The predicted octanol–water partition coefficient (Wildman–Crippen LogP) is 3.01. The van der Waals surface area contributed by atoms with Crippen LogP contribution < -0.4 is 5.32 Å². The number of carbonyl (C=O) groups excluding carboxylic acids is 2. The van der Waals surface area contributed by atoms with Gasteiger partial charge in [-0.1, -0.05) is 6.07 Å². The smallest absolute Gasteiger partial charge is 0.267 e. The number of amides is 2. The summed E-state index contributed by atoms with van der Waals surface area (Å²) in [5.41, 5.74) is 0.724. The van der Waals surface area contributed by atoms with Crippen molar-refractivity contribution in [2.24, 2.45) is 0 Å². The molecule has 0 unspecified atom stereocenters. The minimum Gasteiger partial charge on any atom is -0.342 e. The summed E-state index contributed by atoms with van der Waals surface area (Å²) in [6.45, 7) is 1.70. The summed E-state index contributed by atoms with van der Waals surface area (Å²) in [6, 6.07) is 3.61. The first-order chi connectivity index (χ1) is 10.7. The van der Waals surface area contributed by atoms with Gasteiger partial charge in [0.2, 0.25) is 5.91 Å². The minimum absolute atomic E-state index is 0.126. The van der Waals surface area contributed by atoms with Crippen LogP contribution in [0.25, 0.3) is 0 Å². The number of carbonyl (C=O) groups is 2. The van der Waals surface area contributed by atoms with Crippen LogP contribution in [0.15, 0.2) is 22.9 Å². The third-order valence-electron chi connectivity index (χ3n) is 3.56. The van der Waals surface area contributed by atoms with E-state index in [-0.39, 0.29) is 11.8 Å². The lowest BCUT2D eigenvalue weighted by molar-refractivity contribution is -0.131. The van der Waals surface area contributed by atoms with Gasteiger partial charge in [0.15, 0.2) is 5.13 Å². The predicted molar refractivity (Wildman–Crippen MR) is 88.5 cm³/mol. The van der Waals surface area contributed by atoms with Crippen LogP contribution in [0.4, 0.5) is 5.13 Å². The van der Waals surface area contributed by atoms with Crippen molar-refractivity contribution in [1.82, 2.24) is 9.88 Å². The van der Waals surface area contributed by atoms with Crippen molar-refractivity contribution in [2.75, 3.05) is 18.4 Å². The zero-order chi connectivity index (χ0) is 15.4. The molecule has 2 aromatic heterocycles. The number of thiophene rings is 1. The van der Waals surface area contributed by atoms with Gasteiger partial charge in [-0.2, -0.15) is 0 Å². The molecule has 0 spiro atoms. The first kappa shape index (κ1) is 15.2. The van der Waals surface area contributed by atoms with Gasteiger partial charge in [0.1, 0.15) is 0 Å². The zero-order valence-electron chi connectivity index (χ0n) is 12.1. The lowest BCUT2D eigenvalue weighted by atomic mass is 10.1. The average molecular weight is 335 g/mol. The summed E-state index contributed by atoms with van der Waals surface area (Å²) in [5.74, 6) is -0.0283. The van der Waals surface area contributed by atoms with Crippen molar-refractivity contribution in [3.05, 3.63) is 33.5 Å². The van der Waals surface area contributed by atoms with Crippen LogP contribution in [0.5, 0.6) is 0 Å². The SMILES string of the molecule is O=C(Nc1nc(CC(=O)N2CCCCC2)cs1)c1cccs1. The van der Waals surface area contributed by atoms with E-state index in [0.29, 0.717) is 16.4 Å². The monoisotopic (exact) mass is 335 g/mol. The Morgan fingerprint density at radius 1 is 1.23 bits per heavy atom. The summed E-state index contributed by atoms with van der Waals surface area (Å²) < 4.78 is 0. The van der Waals surface area contributed by atoms with Crippen molar-refractivity contribution >= 4 is 39.6 Å². The molecule has 7 heteroatoms. The van der Waals surface area contributed by atoms with E-state index < -0.39 is 0 Å². The maximum Gasteiger partial charge on any atom is 0.267 e. The largest absolute Gasteiger partial charge is 0.342 e. The lowest BCUT2D eigenvalue weighted by Gasteiger charge is -2.26. The van der Waals surface area contributed by atoms with E-state index in [9.17, 15) is 9.59 Å². The molecule has 0 radical (unpaired) electrons. The highest BCUT2D eigenvalue weighted by molar-refractivity contribution is 7.14. The first-order valence-electron chi connectivity index (χ1n) is 7.29. The summed E-state index contributed by atoms with van der Waals surface area (Å²) in [4.78, 5) is 31.0. The van der Waals surface area contributed by atoms with Crippen LogP contribution in [0.2, 0.25) is 0 Å². The van der Waals surface area contributed by atoms with Crippen molar-refractivity contribution < 1.29 is 9.59 Å². The molecule has 116 valence electrons. The van der Waals surface area contributed by atoms with Crippen molar-refractivity contribution in [1.29, 1.82) is 0 Å². The first-order valence-corrected chi connectivity index (χ1v) is 9.05.